The van der Waals surface area contributed by atoms with Crippen molar-refractivity contribution in [3.8, 4) is 0 Å². The molecule has 3 aromatic carbocycles. The molecule has 39 heavy (non-hydrogen) atoms. The van der Waals surface area contributed by atoms with Crippen LogP contribution < -0.4 is 9.62 Å². The van der Waals surface area contributed by atoms with Crippen LogP contribution in [0.5, 0.6) is 0 Å². The van der Waals surface area contributed by atoms with E-state index in [2.05, 4.69) is 5.32 Å². The number of hydrogen-bond acceptors (Lipinski definition) is 4. The maximum Gasteiger partial charge on any atom is 0.264 e. The van der Waals surface area contributed by atoms with Crippen molar-refractivity contribution in [1.29, 1.82) is 0 Å². The Morgan fingerprint density at radius 2 is 1.41 bits per heavy atom. The van der Waals surface area contributed by atoms with Gasteiger partial charge in [0.25, 0.3) is 10.0 Å². The molecule has 0 fully saturated rings. The van der Waals surface area contributed by atoms with Crippen molar-refractivity contribution in [2.45, 2.75) is 70.5 Å². The molecular weight excluding hydrogens is 510 g/mol. The molecule has 8 heteroatoms. The summed E-state index contributed by atoms with van der Waals surface area (Å²) in [6, 6.07) is 23.9. The fourth-order valence-corrected chi connectivity index (χ4v) is 5.91. The molecule has 7 nitrogen and oxygen atoms in total. The smallest absolute Gasteiger partial charge is 0.264 e. The fraction of sp³-hybridized carbons (Fsp3) is 0.355. The first kappa shape index (κ1) is 29.9. The number of hydrogen-bond donors (Lipinski definition) is 1. The second kappa shape index (κ2) is 12.9. The van der Waals surface area contributed by atoms with E-state index in [1.807, 2.05) is 77.1 Å². The van der Waals surface area contributed by atoms with Crippen LogP contribution in [0.15, 0.2) is 89.8 Å². The van der Waals surface area contributed by atoms with Crippen molar-refractivity contribution in [2.75, 3.05) is 10.8 Å². The number of amides is 2. The van der Waals surface area contributed by atoms with E-state index >= 15 is 0 Å². The number of carbonyl (C=O) groups is 2. The highest BCUT2D eigenvalue weighted by molar-refractivity contribution is 7.92. The lowest BCUT2D eigenvalue weighted by Gasteiger charge is -2.35. The van der Waals surface area contributed by atoms with Crippen LogP contribution in [0.4, 0.5) is 5.69 Å². The molecule has 1 N–H and O–H groups in total. The van der Waals surface area contributed by atoms with E-state index < -0.39 is 34.1 Å². The SMILES string of the molecule is CCc1ccccc1N(CC(=O)N(Cc1ccccc1)C(CC)C(=O)NC(C)(C)C)S(=O)(=O)c1ccccc1. The first-order valence-electron chi connectivity index (χ1n) is 13.3. The van der Waals surface area contributed by atoms with E-state index in [0.717, 1.165) is 11.1 Å². The number of benzene rings is 3. The number of nitrogens with one attached hydrogen (secondary N) is 1. The van der Waals surface area contributed by atoms with E-state index in [1.165, 1.54) is 21.3 Å². The van der Waals surface area contributed by atoms with Gasteiger partial charge in [0.05, 0.1) is 10.6 Å². The zero-order chi connectivity index (χ0) is 28.6. The highest BCUT2D eigenvalue weighted by Crippen LogP contribution is 2.28. The van der Waals surface area contributed by atoms with Gasteiger partial charge in [-0.15, -0.1) is 0 Å². The van der Waals surface area contributed by atoms with Gasteiger partial charge in [0, 0.05) is 12.1 Å². The Hall–Kier alpha value is -3.65. The van der Waals surface area contributed by atoms with E-state index in [0.29, 0.717) is 18.5 Å². The number of nitrogens with zero attached hydrogens (tertiary/aromatic N) is 2. The number of anilines is 1. The molecule has 0 aromatic heterocycles. The van der Waals surface area contributed by atoms with Crippen LogP contribution in [0.25, 0.3) is 0 Å². The Labute approximate surface area is 232 Å². The monoisotopic (exact) mass is 549 g/mol. The van der Waals surface area contributed by atoms with Gasteiger partial charge in [-0.05, 0) is 62.9 Å². The molecular formula is C31H39N3O4S. The quantitative estimate of drug-likeness (QED) is 0.358. The third-order valence-electron chi connectivity index (χ3n) is 6.33. The summed E-state index contributed by atoms with van der Waals surface area (Å²) in [4.78, 5) is 29.1. The normalized spacial score (nSPS) is 12.4. The van der Waals surface area contributed by atoms with Gasteiger partial charge in [0.15, 0.2) is 0 Å². The molecule has 0 heterocycles. The van der Waals surface area contributed by atoms with E-state index in [1.54, 1.807) is 30.3 Å². The topological polar surface area (TPSA) is 86.8 Å². The maximum absolute atomic E-state index is 14.1. The van der Waals surface area contributed by atoms with Crippen molar-refractivity contribution in [1.82, 2.24) is 10.2 Å². The summed E-state index contributed by atoms with van der Waals surface area (Å²) < 4.78 is 29.1. The molecule has 3 rings (SSSR count). The van der Waals surface area contributed by atoms with Gasteiger partial charge < -0.3 is 10.2 Å². The first-order valence-corrected chi connectivity index (χ1v) is 14.7. The van der Waals surface area contributed by atoms with Gasteiger partial charge in [0.2, 0.25) is 11.8 Å². The summed E-state index contributed by atoms with van der Waals surface area (Å²) >= 11 is 0. The van der Waals surface area contributed by atoms with E-state index in [9.17, 15) is 18.0 Å². The Morgan fingerprint density at radius 3 is 1.97 bits per heavy atom. The molecule has 2 amide bonds. The summed E-state index contributed by atoms with van der Waals surface area (Å²) in [7, 11) is -4.08. The van der Waals surface area contributed by atoms with Crippen LogP contribution in [0.3, 0.4) is 0 Å². The van der Waals surface area contributed by atoms with Crippen LogP contribution in [-0.2, 0) is 32.6 Å². The molecule has 0 aliphatic carbocycles. The minimum Gasteiger partial charge on any atom is -0.350 e. The summed E-state index contributed by atoms with van der Waals surface area (Å²) in [6.07, 6.45) is 0.960. The van der Waals surface area contributed by atoms with Gasteiger partial charge in [-0.25, -0.2) is 8.42 Å². The first-order chi connectivity index (χ1) is 18.5. The van der Waals surface area contributed by atoms with Crippen LogP contribution >= 0.6 is 0 Å². The van der Waals surface area contributed by atoms with Gasteiger partial charge in [-0.3, -0.25) is 13.9 Å². The zero-order valence-corrected chi connectivity index (χ0v) is 24.2. The third kappa shape index (κ3) is 7.69. The minimum atomic E-state index is -4.08. The predicted octanol–water partition coefficient (Wildman–Crippen LogP) is 5.17. The summed E-state index contributed by atoms with van der Waals surface area (Å²) in [6.45, 7) is 9.18. The molecule has 0 saturated carbocycles. The van der Waals surface area contributed by atoms with Gasteiger partial charge in [-0.2, -0.15) is 0 Å². The molecule has 0 aliphatic rings. The third-order valence-corrected chi connectivity index (χ3v) is 8.11. The number of para-hydroxylation sites is 1. The molecule has 0 spiro atoms. The van der Waals surface area contributed by atoms with Crippen LogP contribution in [-0.4, -0.2) is 43.3 Å². The Bertz CT molecular complexity index is 1350. The molecule has 1 atom stereocenters. The molecule has 3 aromatic rings. The van der Waals surface area contributed by atoms with Crippen molar-refractivity contribution >= 4 is 27.5 Å². The van der Waals surface area contributed by atoms with Gasteiger partial charge >= 0.3 is 0 Å². The highest BCUT2D eigenvalue weighted by Gasteiger charge is 2.35. The molecule has 0 radical (unpaired) electrons. The summed E-state index contributed by atoms with van der Waals surface area (Å²) in [5.41, 5.74) is 1.61. The van der Waals surface area contributed by atoms with E-state index in [4.69, 9.17) is 0 Å². The maximum atomic E-state index is 14.1. The number of aryl methyl sites for hydroxylation is 1. The molecule has 0 saturated heterocycles. The number of carbonyl (C=O) groups excluding carboxylic acids is 2. The lowest BCUT2D eigenvalue weighted by atomic mass is 10.1. The van der Waals surface area contributed by atoms with Crippen molar-refractivity contribution in [3.63, 3.8) is 0 Å². The van der Waals surface area contributed by atoms with Gasteiger partial charge in [0.1, 0.15) is 12.6 Å². The van der Waals surface area contributed by atoms with Crippen molar-refractivity contribution < 1.29 is 18.0 Å². The second-order valence-electron chi connectivity index (χ2n) is 10.5. The predicted molar refractivity (Wildman–Crippen MR) is 156 cm³/mol. The van der Waals surface area contributed by atoms with Crippen molar-refractivity contribution in [2.24, 2.45) is 0 Å². The average Bonchev–Trinajstić information content (AvgIpc) is 2.91. The largest absolute Gasteiger partial charge is 0.350 e. The Balaban J connectivity index is 2.08. The molecule has 208 valence electrons. The summed E-state index contributed by atoms with van der Waals surface area (Å²) in [5, 5.41) is 2.99. The highest BCUT2D eigenvalue weighted by atomic mass is 32.2. The number of rotatable bonds is 11. The van der Waals surface area contributed by atoms with Crippen LogP contribution in [0.1, 0.15) is 52.2 Å². The second-order valence-corrected chi connectivity index (χ2v) is 12.3. The van der Waals surface area contributed by atoms with Crippen LogP contribution in [0, 0.1) is 0 Å². The van der Waals surface area contributed by atoms with E-state index in [-0.39, 0.29) is 17.3 Å². The van der Waals surface area contributed by atoms with Crippen LogP contribution in [0.2, 0.25) is 0 Å². The minimum absolute atomic E-state index is 0.0934. The summed E-state index contributed by atoms with van der Waals surface area (Å²) in [5.74, 6) is -0.735. The Morgan fingerprint density at radius 1 is 0.846 bits per heavy atom. The molecule has 0 aliphatic heterocycles. The Kier molecular flexibility index (Phi) is 9.92. The average molecular weight is 550 g/mol. The van der Waals surface area contributed by atoms with Gasteiger partial charge in [-0.1, -0.05) is 80.6 Å². The lowest BCUT2D eigenvalue weighted by molar-refractivity contribution is -0.141. The van der Waals surface area contributed by atoms with Crippen molar-refractivity contribution in [3.05, 3.63) is 96.1 Å². The molecule has 0 bridgehead atoms. The fourth-order valence-electron chi connectivity index (χ4n) is 4.44. The molecule has 1 unspecified atom stereocenters. The standard InChI is InChI=1S/C31H39N3O4S/c1-6-25-18-14-15-21-28(25)34(39(37,38)26-19-12-9-13-20-26)23-29(35)33(22-24-16-10-8-11-17-24)27(7-2)30(36)32-31(3,4)5/h8-21,27H,6-7,22-23H2,1-5H3,(H,32,36). The number of sulfonamides is 1. The zero-order valence-electron chi connectivity index (χ0n) is 23.4. The lowest BCUT2D eigenvalue weighted by Crippen LogP contribution is -2.55.